The first-order chi connectivity index (χ1) is 14.9. The largest absolute Gasteiger partial charge is 0.368 e. The van der Waals surface area contributed by atoms with Crippen molar-refractivity contribution in [3.05, 3.63) is 65.7 Å². The molecule has 1 spiro atoms. The predicted octanol–water partition coefficient (Wildman–Crippen LogP) is 3.55. The van der Waals surface area contributed by atoms with Crippen LogP contribution in [0.5, 0.6) is 0 Å². The van der Waals surface area contributed by atoms with Crippen molar-refractivity contribution in [2.24, 2.45) is 4.99 Å². The summed E-state index contributed by atoms with van der Waals surface area (Å²) in [4.78, 5) is 5.14. The molecule has 2 aromatic rings. The van der Waals surface area contributed by atoms with Crippen molar-refractivity contribution in [3.63, 3.8) is 0 Å². The van der Waals surface area contributed by atoms with E-state index in [1.54, 1.807) is 16.4 Å². The number of nitrogens with zero attached hydrogens (tertiary/aromatic N) is 2. The van der Waals surface area contributed by atoms with Crippen LogP contribution in [0.25, 0.3) is 0 Å². The molecule has 8 heteroatoms. The van der Waals surface area contributed by atoms with E-state index in [0.29, 0.717) is 43.3 Å². The number of amidine groups is 1. The molecule has 0 amide bonds. The summed E-state index contributed by atoms with van der Waals surface area (Å²) in [5, 5.41) is 7.16. The monoisotopic (exact) mass is 476 g/mol. The molecule has 4 rings (SSSR count). The molecule has 0 aliphatic carbocycles. The average molecular weight is 477 g/mol. The van der Waals surface area contributed by atoms with Gasteiger partial charge in [-0.1, -0.05) is 56.3 Å². The maximum absolute atomic E-state index is 13.2. The Balaban J connectivity index is 0.00000289. The maximum atomic E-state index is 13.2. The van der Waals surface area contributed by atoms with Gasteiger partial charge in [0.2, 0.25) is 10.0 Å². The number of benzene rings is 2. The van der Waals surface area contributed by atoms with Crippen molar-refractivity contribution in [2.45, 2.75) is 49.6 Å². The van der Waals surface area contributed by atoms with Crippen LogP contribution in [0.2, 0.25) is 0 Å². The summed E-state index contributed by atoms with van der Waals surface area (Å²) in [7, 11) is -3.49. The summed E-state index contributed by atoms with van der Waals surface area (Å²) in [5.41, 5.74) is 2.07. The first kappa shape index (κ1) is 24.7. The lowest BCUT2D eigenvalue weighted by Crippen LogP contribution is -2.64. The Bertz CT molecular complexity index is 1020. The molecule has 0 saturated carbocycles. The highest BCUT2D eigenvalue weighted by Crippen LogP contribution is 2.29. The van der Waals surface area contributed by atoms with Crippen LogP contribution in [0.1, 0.15) is 43.7 Å². The van der Waals surface area contributed by atoms with Crippen LogP contribution in [0, 0.1) is 0 Å². The van der Waals surface area contributed by atoms with Gasteiger partial charge in [-0.05, 0) is 42.0 Å². The second kappa shape index (κ2) is 10.3. The number of hydrogen-bond donors (Lipinski definition) is 2. The number of aliphatic imine (C=N–C) groups is 1. The lowest BCUT2D eigenvalue weighted by atomic mass is 9.85. The van der Waals surface area contributed by atoms with Crippen molar-refractivity contribution in [1.29, 1.82) is 0 Å². The summed E-state index contributed by atoms with van der Waals surface area (Å²) in [5.74, 6) is 1.34. The van der Waals surface area contributed by atoms with Crippen molar-refractivity contribution in [2.75, 3.05) is 26.2 Å². The van der Waals surface area contributed by atoms with Crippen LogP contribution in [-0.4, -0.2) is 50.3 Å². The Morgan fingerprint density at radius 1 is 1.06 bits per heavy atom. The molecule has 2 aliphatic heterocycles. The highest BCUT2D eigenvalue weighted by atomic mass is 35.5. The molecule has 2 heterocycles. The van der Waals surface area contributed by atoms with Crippen LogP contribution in [0.4, 0.5) is 0 Å². The fraction of sp³-hybridized carbons (Fsp3) is 0.458. The lowest BCUT2D eigenvalue weighted by molar-refractivity contribution is 0.241. The second-order valence-corrected chi connectivity index (χ2v) is 10.6. The first-order valence-electron chi connectivity index (χ1n) is 11.1. The highest BCUT2D eigenvalue weighted by molar-refractivity contribution is 7.89. The van der Waals surface area contributed by atoms with E-state index in [1.807, 2.05) is 30.3 Å². The van der Waals surface area contributed by atoms with Crippen molar-refractivity contribution in [1.82, 2.24) is 14.9 Å². The first-order valence-corrected chi connectivity index (χ1v) is 12.5. The normalized spacial score (nSPS) is 18.8. The Morgan fingerprint density at radius 3 is 2.34 bits per heavy atom. The Kier molecular flexibility index (Phi) is 7.98. The van der Waals surface area contributed by atoms with Gasteiger partial charge < -0.3 is 10.6 Å². The van der Waals surface area contributed by atoms with Gasteiger partial charge in [0.25, 0.3) is 0 Å². The molecule has 0 bridgehead atoms. The number of piperidine rings is 1. The summed E-state index contributed by atoms with van der Waals surface area (Å²) in [6, 6.07) is 17.6. The molecule has 174 valence electrons. The van der Waals surface area contributed by atoms with Gasteiger partial charge in [0, 0.05) is 26.2 Å². The number of sulfonamides is 1. The third-order valence-electron chi connectivity index (χ3n) is 6.36. The molecule has 0 unspecified atom stereocenters. The average Bonchev–Trinajstić information content (AvgIpc) is 2.79. The van der Waals surface area contributed by atoms with Crippen LogP contribution >= 0.6 is 12.4 Å². The summed E-state index contributed by atoms with van der Waals surface area (Å²) in [6.07, 6.45) is 1.41. The molecule has 6 nitrogen and oxygen atoms in total. The zero-order valence-electron chi connectivity index (χ0n) is 18.8. The molecule has 1 fully saturated rings. The minimum absolute atomic E-state index is 0. The van der Waals surface area contributed by atoms with E-state index in [-0.39, 0.29) is 17.9 Å². The molecule has 1 saturated heterocycles. The fourth-order valence-corrected chi connectivity index (χ4v) is 5.84. The SMILES string of the molecule is CC(C)c1ccc(S(=O)(=O)N2CCC3(CC2)NCCN=C3NCc2ccccc2)cc1.Cl. The molecule has 2 N–H and O–H groups in total. The van der Waals surface area contributed by atoms with E-state index < -0.39 is 10.0 Å². The Hall–Kier alpha value is -1.93. The molecule has 0 radical (unpaired) electrons. The zero-order chi connectivity index (χ0) is 21.9. The minimum atomic E-state index is -3.49. The number of nitrogens with one attached hydrogen (secondary N) is 2. The van der Waals surface area contributed by atoms with Crippen LogP contribution < -0.4 is 10.6 Å². The van der Waals surface area contributed by atoms with Gasteiger partial charge in [0.05, 0.1) is 17.0 Å². The van der Waals surface area contributed by atoms with E-state index in [1.165, 1.54) is 5.56 Å². The smallest absolute Gasteiger partial charge is 0.243 e. The molecule has 0 atom stereocenters. The zero-order valence-corrected chi connectivity index (χ0v) is 20.4. The molecular weight excluding hydrogens is 444 g/mol. The maximum Gasteiger partial charge on any atom is 0.243 e. The van der Waals surface area contributed by atoms with Gasteiger partial charge in [0.15, 0.2) is 0 Å². The fourth-order valence-electron chi connectivity index (χ4n) is 4.40. The number of hydrogen-bond acceptors (Lipinski definition) is 5. The van der Waals surface area contributed by atoms with E-state index in [2.05, 4.69) is 36.6 Å². The van der Waals surface area contributed by atoms with Crippen LogP contribution in [-0.2, 0) is 16.6 Å². The van der Waals surface area contributed by atoms with Gasteiger partial charge in [-0.15, -0.1) is 12.4 Å². The molecule has 2 aromatic carbocycles. The van der Waals surface area contributed by atoms with E-state index >= 15 is 0 Å². The molecule has 0 aromatic heterocycles. The lowest BCUT2D eigenvalue weighted by Gasteiger charge is -2.44. The van der Waals surface area contributed by atoms with Gasteiger partial charge in [-0.25, -0.2) is 8.42 Å². The van der Waals surface area contributed by atoms with E-state index in [4.69, 9.17) is 4.99 Å². The molecule has 2 aliphatic rings. The van der Waals surface area contributed by atoms with E-state index in [9.17, 15) is 8.42 Å². The number of rotatable bonds is 5. The van der Waals surface area contributed by atoms with Crippen LogP contribution in [0.15, 0.2) is 64.5 Å². The minimum Gasteiger partial charge on any atom is -0.368 e. The Labute approximate surface area is 198 Å². The third-order valence-corrected chi connectivity index (χ3v) is 8.27. The van der Waals surface area contributed by atoms with Crippen LogP contribution in [0.3, 0.4) is 0 Å². The van der Waals surface area contributed by atoms with Gasteiger partial charge >= 0.3 is 0 Å². The summed E-state index contributed by atoms with van der Waals surface area (Å²) >= 11 is 0. The standard InChI is InChI=1S/C24H32N4O2S.ClH/c1-19(2)21-8-10-22(11-9-21)31(29,30)28-16-12-24(13-17-28)23(25-14-15-27-24)26-18-20-6-4-3-5-7-20;/h3-11,19,27H,12-18H2,1-2H3,(H,25,26);1H. The summed E-state index contributed by atoms with van der Waals surface area (Å²) in [6.45, 7) is 7.45. The second-order valence-electron chi connectivity index (χ2n) is 8.71. The van der Waals surface area contributed by atoms with Gasteiger partial charge in [0.1, 0.15) is 5.84 Å². The van der Waals surface area contributed by atoms with E-state index in [0.717, 1.165) is 24.5 Å². The Morgan fingerprint density at radius 2 is 1.72 bits per heavy atom. The molecular formula is C24H33ClN4O2S. The van der Waals surface area contributed by atoms with Crippen molar-refractivity contribution >= 4 is 28.3 Å². The highest BCUT2D eigenvalue weighted by Gasteiger charge is 2.43. The summed E-state index contributed by atoms with van der Waals surface area (Å²) < 4.78 is 28.0. The van der Waals surface area contributed by atoms with Crippen molar-refractivity contribution < 1.29 is 8.42 Å². The topological polar surface area (TPSA) is 73.8 Å². The number of halogens is 1. The quantitative estimate of drug-likeness (QED) is 0.692. The molecule has 32 heavy (non-hydrogen) atoms. The van der Waals surface area contributed by atoms with Gasteiger partial charge in [-0.2, -0.15) is 4.31 Å². The predicted molar refractivity (Wildman–Crippen MR) is 132 cm³/mol. The third kappa shape index (κ3) is 5.17. The van der Waals surface area contributed by atoms with Gasteiger partial charge in [-0.3, -0.25) is 4.99 Å². The van der Waals surface area contributed by atoms with Crippen molar-refractivity contribution in [3.8, 4) is 0 Å².